The molecule has 2 rings (SSSR count). The molecule has 2 heteroatoms. The summed E-state index contributed by atoms with van der Waals surface area (Å²) in [6.45, 7) is 5.17. The van der Waals surface area contributed by atoms with Gasteiger partial charge in [0.15, 0.2) is 0 Å². The first kappa shape index (κ1) is 12.1. The van der Waals surface area contributed by atoms with E-state index in [0.29, 0.717) is 11.3 Å². The number of rotatable bonds is 3. The van der Waals surface area contributed by atoms with Crippen LogP contribution in [0.4, 0.5) is 0 Å². The first-order valence-corrected chi connectivity index (χ1v) is 5.70. The molecule has 90 valence electrons. The number of carbonyl (C=O) groups excluding carboxylic acids is 1. The van der Waals surface area contributed by atoms with E-state index in [0.717, 1.165) is 11.1 Å². The fourth-order valence-corrected chi connectivity index (χ4v) is 1.54. The number of hydrogen-bond acceptors (Lipinski definition) is 2. The van der Waals surface area contributed by atoms with Crippen LogP contribution >= 0.6 is 0 Å². The van der Waals surface area contributed by atoms with E-state index in [4.69, 9.17) is 4.74 Å². The lowest BCUT2D eigenvalue weighted by Crippen LogP contribution is -2.07. The van der Waals surface area contributed by atoms with Gasteiger partial charge in [0.2, 0.25) is 0 Å². The van der Waals surface area contributed by atoms with Crippen molar-refractivity contribution >= 4 is 5.97 Å². The van der Waals surface area contributed by atoms with E-state index in [1.165, 1.54) is 0 Å². The number of carbonyl (C=O) groups is 1. The third-order valence-corrected chi connectivity index (χ3v) is 2.52. The van der Waals surface area contributed by atoms with E-state index >= 15 is 0 Å². The minimum Gasteiger partial charge on any atom is -0.423 e. The highest BCUT2D eigenvalue weighted by atomic mass is 16.5. The Labute approximate surface area is 107 Å². The molecular weight excluding hydrogens is 224 g/mol. The lowest BCUT2D eigenvalue weighted by atomic mass is 10.1. The summed E-state index contributed by atoms with van der Waals surface area (Å²) in [5.74, 6) is 0.130. The van der Waals surface area contributed by atoms with E-state index in [-0.39, 0.29) is 0 Å². The molecule has 0 aliphatic rings. The predicted molar refractivity (Wildman–Crippen MR) is 72.3 cm³/mol. The second kappa shape index (κ2) is 5.32. The average molecular weight is 238 g/mol. The van der Waals surface area contributed by atoms with Gasteiger partial charge in [-0.15, -0.1) is 0 Å². The first-order valence-electron chi connectivity index (χ1n) is 5.70. The van der Waals surface area contributed by atoms with Crippen LogP contribution in [-0.2, 0) is 4.79 Å². The third kappa shape index (κ3) is 2.86. The third-order valence-electron chi connectivity index (χ3n) is 2.52. The number of esters is 1. The molecule has 0 radical (unpaired) electrons. The van der Waals surface area contributed by atoms with Crippen molar-refractivity contribution < 1.29 is 9.53 Å². The Balaban J connectivity index is 2.16. The Kier molecular flexibility index (Phi) is 3.58. The van der Waals surface area contributed by atoms with Crippen molar-refractivity contribution in [1.82, 2.24) is 0 Å². The fraction of sp³-hybridized carbons (Fsp3) is 0.0625. The molecule has 0 aliphatic carbocycles. The Morgan fingerprint density at radius 2 is 1.50 bits per heavy atom. The summed E-state index contributed by atoms with van der Waals surface area (Å²) in [5, 5.41) is 0. The Morgan fingerprint density at radius 1 is 0.944 bits per heavy atom. The van der Waals surface area contributed by atoms with E-state index in [1.54, 1.807) is 19.1 Å². The summed E-state index contributed by atoms with van der Waals surface area (Å²) < 4.78 is 5.13. The zero-order chi connectivity index (χ0) is 13.0. The monoisotopic (exact) mass is 238 g/mol. The van der Waals surface area contributed by atoms with Crippen LogP contribution in [0.25, 0.3) is 11.1 Å². The molecule has 2 aromatic rings. The SMILES string of the molecule is C=C(C)C(=O)Oc1ccc(-c2ccccc2)cc1. The lowest BCUT2D eigenvalue weighted by molar-refractivity contribution is -0.130. The summed E-state index contributed by atoms with van der Waals surface area (Å²) in [6.07, 6.45) is 0. The van der Waals surface area contributed by atoms with Gasteiger partial charge >= 0.3 is 5.97 Å². The second-order valence-electron chi connectivity index (χ2n) is 4.06. The summed E-state index contributed by atoms with van der Waals surface area (Å²) in [4.78, 5) is 11.3. The summed E-state index contributed by atoms with van der Waals surface area (Å²) in [5.41, 5.74) is 2.61. The van der Waals surface area contributed by atoms with Crippen molar-refractivity contribution in [3.8, 4) is 16.9 Å². The minimum absolute atomic E-state index is 0.391. The highest BCUT2D eigenvalue weighted by Gasteiger charge is 2.05. The molecule has 0 unspecified atom stereocenters. The first-order chi connectivity index (χ1) is 8.66. The smallest absolute Gasteiger partial charge is 0.338 e. The molecule has 0 saturated carbocycles. The molecule has 0 spiro atoms. The molecule has 0 atom stereocenters. The maximum Gasteiger partial charge on any atom is 0.338 e. The van der Waals surface area contributed by atoms with Crippen molar-refractivity contribution in [2.75, 3.05) is 0 Å². The maximum atomic E-state index is 11.3. The molecular formula is C16H14O2. The normalized spacial score (nSPS) is 9.83. The van der Waals surface area contributed by atoms with Crippen LogP contribution in [0.5, 0.6) is 5.75 Å². The van der Waals surface area contributed by atoms with E-state index in [9.17, 15) is 4.79 Å². The van der Waals surface area contributed by atoms with Gasteiger partial charge in [0, 0.05) is 5.57 Å². The van der Waals surface area contributed by atoms with Crippen LogP contribution < -0.4 is 4.74 Å². The van der Waals surface area contributed by atoms with Crippen molar-refractivity contribution in [1.29, 1.82) is 0 Å². The van der Waals surface area contributed by atoms with Crippen LogP contribution in [0.3, 0.4) is 0 Å². The van der Waals surface area contributed by atoms with E-state index in [1.807, 2.05) is 42.5 Å². The standard InChI is InChI=1S/C16H14O2/c1-12(2)16(17)18-15-10-8-14(9-11-15)13-6-4-3-5-7-13/h3-11H,1H2,2H3. The van der Waals surface area contributed by atoms with Crippen molar-refractivity contribution in [2.24, 2.45) is 0 Å². The van der Waals surface area contributed by atoms with Crippen molar-refractivity contribution in [3.05, 3.63) is 66.7 Å². The fourth-order valence-electron chi connectivity index (χ4n) is 1.54. The average Bonchev–Trinajstić information content (AvgIpc) is 2.40. The number of benzene rings is 2. The maximum absolute atomic E-state index is 11.3. The summed E-state index contributed by atoms with van der Waals surface area (Å²) in [6, 6.07) is 17.4. The van der Waals surface area contributed by atoms with Gasteiger partial charge in [-0.3, -0.25) is 0 Å². The lowest BCUT2D eigenvalue weighted by Gasteiger charge is -2.05. The molecule has 0 bridgehead atoms. The molecule has 0 N–H and O–H groups in total. The van der Waals surface area contributed by atoms with Gasteiger partial charge < -0.3 is 4.74 Å². The molecule has 0 heterocycles. The van der Waals surface area contributed by atoms with Crippen LogP contribution in [-0.4, -0.2) is 5.97 Å². The van der Waals surface area contributed by atoms with Crippen LogP contribution in [0, 0.1) is 0 Å². The Bertz CT molecular complexity index is 553. The zero-order valence-electron chi connectivity index (χ0n) is 10.2. The zero-order valence-corrected chi connectivity index (χ0v) is 10.2. The van der Waals surface area contributed by atoms with Gasteiger partial charge in [-0.25, -0.2) is 4.79 Å². The largest absolute Gasteiger partial charge is 0.423 e. The summed E-state index contributed by atoms with van der Waals surface area (Å²) in [7, 11) is 0. The van der Waals surface area contributed by atoms with Gasteiger partial charge in [-0.1, -0.05) is 49.0 Å². The van der Waals surface area contributed by atoms with E-state index in [2.05, 4.69) is 6.58 Å². The predicted octanol–water partition coefficient (Wildman–Crippen LogP) is 3.84. The molecule has 2 aromatic carbocycles. The highest BCUT2D eigenvalue weighted by molar-refractivity contribution is 5.88. The summed E-state index contributed by atoms with van der Waals surface area (Å²) >= 11 is 0. The number of ether oxygens (including phenoxy) is 1. The van der Waals surface area contributed by atoms with Gasteiger partial charge in [0.05, 0.1) is 0 Å². The van der Waals surface area contributed by atoms with Gasteiger partial charge in [0.1, 0.15) is 5.75 Å². The van der Waals surface area contributed by atoms with Gasteiger partial charge in [-0.05, 0) is 30.2 Å². The van der Waals surface area contributed by atoms with Crippen molar-refractivity contribution in [2.45, 2.75) is 6.92 Å². The van der Waals surface area contributed by atoms with Crippen LogP contribution in [0.1, 0.15) is 6.92 Å². The van der Waals surface area contributed by atoms with Crippen LogP contribution in [0.2, 0.25) is 0 Å². The Hall–Kier alpha value is -2.35. The van der Waals surface area contributed by atoms with Gasteiger partial charge in [-0.2, -0.15) is 0 Å². The Morgan fingerprint density at radius 3 is 2.06 bits per heavy atom. The second-order valence-corrected chi connectivity index (χ2v) is 4.06. The number of hydrogen-bond donors (Lipinski definition) is 0. The molecule has 2 nitrogen and oxygen atoms in total. The van der Waals surface area contributed by atoms with Crippen molar-refractivity contribution in [3.63, 3.8) is 0 Å². The molecule has 0 aromatic heterocycles. The molecule has 18 heavy (non-hydrogen) atoms. The molecule has 0 saturated heterocycles. The minimum atomic E-state index is -0.400. The molecule has 0 fully saturated rings. The molecule has 0 amide bonds. The quantitative estimate of drug-likeness (QED) is 0.461. The van der Waals surface area contributed by atoms with Crippen LogP contribution in [0.15, 0.2) is 66.7 Å². The van der Waals surface area contributed by atoms with Gasteiger partial charge in [0.25, 0.3) is 0 Å². The topological polar surface area (TPSA) is 26.3 Å². The van der Waals surface area contributed by atoms with E-state index < -0.39 is 5.97 Å². The highest BCUT2D eigenvalue weighted by Crippen LogP contribution is 2.22. The molecule has 0 aliphatic heterocycles.